The number of likely N-dealkylation sites (tertiary alicyclic amines) is 1. The summed E-state index contributed by atoms with van der Waals surface area (Å²) in [4.78, 5) is 33.7. The summed E-state index contributed by atoms with van der Waals surface area (Å²) in [6.07, 6.45) is 0.0250. The number of piperazine rings is 1. The lowest BCUT2D eigenvalue weighted by Gasteiger charge is -2.40. The Bertz CT molecular complexity index is 1190. The molecule has 2 aromatic rings. The molecule has 0 bridgehead atoms. The first-order valence-electron chi connectivity index (χ1n) is 12.3. The number of hydrogen-bond donors (Lipinski definition) is 1. The summed E-state index contributed by atoms with van der Waals surface area (Å²) < 4.78 is 27.1. The van der Waals surface area contributed by atoms with Crippen LogP contribution in [-0.4, -0.2) is 77.4 Å². The van der Waals surface area contributed by atoms with Crippen LogP contribution in [0.15, 0.2) is 53.6 Å². The van der Waals surface area contributed by atoms with Gasteiger partial charge in [-0.2, -0.15) is 5.26 Å². The molecule has 1 unspecified atom stereocenters. The zero-order chi connectivity index (χ0) is 27.2. The summed E-state index contributed by atoms with van der Waals surface area (Å²) in [6, 6.07) is 11.7. The molecule has 0 aromatic heterocycles. The van der Waals surface area contributed by atoms with Gasteiger partial charge in [-0.05, 0) is 47.3 Å². The Morgan fingerprint density at radius 1 is 1.05 bits per heavy atom. The maximum atomic E-state index is 13.6. The second-order valence-corrected chi connectivity index (χ2v) is 9.46. The number of amides is 2. The molecule has 12 heteroatoms. The van der Waals surface area contributed by atoms with Crippen molar-refractivity contribution in [3.8, 4) is 6.07 Å². The van der Waals surface area contributed by atoms with E-state index in [9.17, 15) is 23.6 Å². The van der Waals surface area contributed by atoms with E-state index in [1.54, 1.807) is 29.2 Å². The van der Waals surface area contributed by atoms with E-state index in [1.807, 2.05) is 6.07 Å². The lowest BCUT2D eigenvalue weighted by atomic mass is 9.96. The van der Waals surface area contributed by atoms with Gasteiger partial charge in [0.25, 0.3) is 0 Å². The largest absolute Gasteiger partial charge is 0.340 e. The topological polar surface area (TPSA) is 142 Å². The molecule has 2 saturated heterocycles. The molecule has 198 valence electrons. The van der Waals surface area contributed by atoms with Crippen molar-refractivity contribution in [2.75, 3.05) is 32.7 Å². The van der Waals surface area contributed by atoms with Crippen molar-refractivity contribution >= 4 is 11.8 Å². The van der Waals surface area contributed by atoms with Crippen LogP contribution in [0.5, 0.6) is 0 Å². The Kier molecular flexibility index (Phi) is 8.53. The first-order chi connectivity index (χ1) is 18.3. The Morgan fingerprint density at radius 3 is 2.11 bits per heavy atom. The average molecular weight is 523 g/mol. The van der Waals surface area contributed by atoms with Crippen molar-refractivity contribution in [2.24, 2.45) is 10.8 Å². The van der Waals surface area contributed by atoms with E-state index in [0.29, 0.717) is 26.2 Å². The molecule has 0 aliphatic carbocycles. The van der Waals surface area contributed by atoms with E-state index in [4.69, 9.17) is 11.3 Å². The van der Waals surface area contributed by atoms with E-state index in [-0.39, 0.29) is 43.0 Å². The van der Waals surface area contributed by atoms with Gasteiger partial charge in [0.15, 0.2) is 0 Å². The highest BCUT2D eigenvalue weighted by Crippen LogP contribution is 2.30. The SMILES string of the molecule is N#C[C@@H]1CC(N=[N+]=[N-])CN1C(=O)[C@@H](N)CC(=O)N1CCN(C(c2ccc(F)cc2)c2ccc(F)cc2)CC1. The minimum absolute atomic E-state index is 0.0931. The molecule has 2 amide bonds. The third-order valence-electron chi connectivity index (χ3n) is 7.04. The number of halogens is 2. The Morgan fingerprint density at radius 2 is 1.61 bits per heavy atom. The van der Waals surface area contributed by atoms with Crippen LogP contribution in [0.25, 0.3) is 10.4 Å². The number of hydrogen-bond acceptors (Lipinski definition) is 6. The number of benzene rings is 2. The molecule has 10 nitrogen and oxygen atoms in total. The molecule has 3 atom stereocenters. The summed E-state index contributed by atoms with van der Waals surface area (Å²) in [7, 11) is 0. The van der Waals surface area contributed by atoms with Crippen LogP contribution in [0, 0.1) is 23.0 Å². The third-order valence-corrected chi connectivity index (χ3v) is 7.04. The molecule has 2 fully saturated rings. The highest BCUT2D eigenvalue weighted by atomic mass is 19.1. The van der Waals surface area contributed by atoms with Crippen molar-refractivity contribution in [2.45, 2.75) is 37.0 Å². The second-order valence-electron chi connectivity index (χ2n) is 9.46. The highest BCUT2D eigenvalue weighted by molar-refractivity contribution is 5.88. The second kappa shape index (κ2) is 12.0. The maximum absolute atomic E-state index is 13.6. The molecule has 2 heterocycles. The maximum Gasteiger partial charge on any atom is 0.241 e. The van der Waals surface area contributed by atoms with Crippen molar-refractivity contribution < 1.29 is 18.4 Å². The van der Waals surface area contributed by atoms with E-state index >= 15 is 0 Å². The van der Waals surface area contributed by atoms with Crippen LogP contribution in [0.4, 0.5) is 8.78 Å². The molecule has 4 rings (SSSR count). The average Bonchev–Trinajstić information content (AvgIpc) is 3.34. The summed E-state index contributed by atoms with van der Waals surface area (Å²) in [6.45, 7) is 1.88. The summed E-state index contributed by atoms with van der Waals surface area (Å²) >= 11 is 0. The number of nitrogens with two attached hydrogens (primary N) is 1. The smallest absolute Gasteiger partial charge is 0.241 e. The van der Waals surface area contributed by atoms with Gasteiger partial charge in [-0.3, -0.25) is 14.5 Å². The number of nitrogens with zero attached hydrogens (tertiary/aromatic N) is 7. The minimum atomic E-state index is -1.12. The molecule has 2 aromatic carbocycles. The van der Waals surface area contributed by atoms with Crippen LogP contribution >= 0.6 is 0 Å². The van der Waals surface area contributed by atoms with Crippen LogP contribution in [0.1, 0.15) is 30.0 Å². The van der Waals surface area contributed by atoms with E-state index < -0.39 is 24.0 Å². The lowest BCUT2D eigenvalue weighted by molar-refractivity contribution is -0.139. The van der Waals surface area contributed by atoms with Crippen LogP contribution in [-0.2, 0) is 9.59 Å². The van der Waals surface area contributed by atoms with Gasteiger partial charge in [0.2, 0.25) is 11.8 Å². The predicted molar refractivity (Wildman–Crippen MR) is 134 cm³/mol. The first kappa shape index (κ1) is 27.0. The van der Waals surface area contributed by atoms with Crippen molar-refractivity contribution in [3.63, 3.8) is 0 Å². The van der Waals surface area contributed by atoms with E-state index in [0.717, 1.165) is 11.1 Å². The fraction of sp³-hybridized carbons (Fsp3) is 0.423. The highest BCUT2D eigenvalue weighted by Gasteiger charge is 2.38. The van der Waals surface area contributed by atoms with Gasteiger partial charge in [-0.1, -0.05) is 29.4 Å². The van der Waals surface area contributed by atoms with Gasteiger partial charge in [-0.25, -0.2) is 8.78 Å². The Hall–Kier alpha value is -4.04. The van der Waals surface area contributed by atoms with Gasteiger partial charge < -0.3 is 15.5 Å². The van der Waals surface area contributed by atoms with Crippen LogP contribution in [0.2, 0.25) is 0 Å². The summed E-state index contributed by atoms with van der Waals surface area (Å²) in [5.41, 5.74) is 16.4. The molecule has 2 N–H and O–H groups in total. The fourth-order valence-electron chi connectivity index (χ4n) is 5.09. The summed E-state index contributed by atoms with van der Waals surface area (Å²) in [5, 5.41) is 13.0. The Balaban J connectivity index is 1.38. The molecule has 0 saturated carbocycles. The van der Waals surface area contributed by atoms with Crippen LogP contribution < -0.4 is 5.73 Å². The van der Waals surface area contributed by atoms with Gasteiger partial charge in [0.1, 0.15) is 17.7 Å². The fourth-order valence-corrected chi connectivity index (χ4v) is 5.09. The number of nitriles is 1. The molecule has 2 aliphatic heterocycles. The monoisotopic (exact) mass is 522 g/mol. The predicted octanol–water partition coefficient (Wildman–Crippen LogP) is 2.72. The standard InChI is InChI=1S/C26H28F2N8O2/c27-19-5-1-17(2-6-19)25(18-3-7-20(28)8-4-18)35-11-9-34(10-12-35)24(37)14-23(30)26(38)36-16-21(32-33-31)13-22(36)15-29/h1-8,21-23,25H,9-14,16,30H2/t21?,22-,23-/m0/s1. The summed E-state index contributed by atoms with van der Waals surface area (Å²) in [5.74, 6) is -1.50. The van der Waals surface area contributed by atoms with Gasteiger partial charge in [0.05, 0.1) is 30.6 Å². The van der Waals surface area contributed by atoms with Crippen molar-refractivity contribution in [3.05, 3.63) is 81.7 Å². The van der Waals surface area contributed by atoms with Crippen molar-refractivity contribution in [1.29, 1.82) is 5.26 Å². The number of rotatable bonds is 7. The molecular weight excluding hydrogens is 494 g/mol. The lowest BCUT2D eigenvalue weighted by Crippen LogP contribution is -2.52. The normalized spacial score (nSPS) is 20.6. The molecule has 0 radical (unpaired) electrons. The van der Waals surface area contributed by atoms with E-state index in [1.165, 1.54) is 29.2 Å². The van der Waals surface area contributed by atoms with Gasteiger partial charge in [0, 0.05) is 37.6 Å². The zero-order valence-corrected chi connectivity index (χ0v) is 20.7. The first-order valence-corrected chi connectivity index (χ1v) is 12.3. The minimum Gasteiger partial charge on any atom is -0.340 e. The third kappa shape index (κ3) is 6.08. The molecule has 0 spiro atoms. The molecule has 2 aliphatic rings. The Labute approximate surface area is 218 Å². The number of carbonyl (C=O) groups excluding carboxylic acids is 2. The molecule has 38 heavy (non-hydrogen) atoms. The zero-order valence-electron chi connectivity index (χ0n) is 20.7. The van der Waals surface area contributed by atoms with Crippen molar-refractivity contribution in [1.82, 2.24) is 14.7 Å². The van der Waals surface area contributed by atoms with Gasteiger partial charge in [-0.15, -0.1) is 0 Å². The molecular formula is C26H28F2N8O2. The quantitative estimate of drug-likeness (QED) is 0.338. The van der Waals surface area contributed by atoms with E-state index in [2.05, 4.69) is 14.9 Å². The van der Waals surface area contributed by atoms with Crippen LogP contribution in [0.3, 0.4) is 0 Å². The van der Waals surface area contributed by atoms with Gasteiger partial charge >= 0.3 is 0 Å². The number of carbonyl (C=O) groups is 2. The number of azide groups is 1.